The number of benzene rings is 1. The van der Waals surface area contributed by atoms with Crippen LogP contribution >= 0.6 is 33.9 Å². The van der Waals surface area contributed by atoms with Crippen LogP contribution in [0.4, 0.5) is 0 Å². The first kappa shape index (κ1) is 15.6. The summed E-state index contributed by atoms with van der Waals surface area (Å²) in [5.74, 6) is 0.322. The molecule has 18 heavy (non-hydrogen) atoms. The van der Waals surface area contributed by atoms with Crippen molar-refractivity contribution in [2.45, 2.75) is 17.7 Å². The normalized spacial score (nSPS) is 11.3. The molecule has 0 N–H and O–H groups in total. The molecule has 0 atom stereocenters. The van der Waals surface area contributed by atoms with Gasteiger partial charge in [0.2, 0.25) is 5.24 Å². The van der Waals surface area contributed by atoms with Crippen molar-refractivity contribution in [1.29, 1.82) is 0 Å². The van der Waals surface area contributed by atoms with Gasteiger partial charge in [-0.25, -0.2) is 8.42 Å². The van der Waals surface area contributed by atoms with E-state index in [0.717, 1.165) is 0 Å². The monoisotopic (exact) mass is 330 g/mol. The first-order valence-corrected chi connectivity index (χ1v) is 7.92. The van der Waals surface area contributed by atoms with Crippen LogP contribution in [0.1, 0.15) is 12.8 Å². The third kappa shape index (κ3) is 5.02. The predicted octanol–water partition coefficient (Wildman–Crippen LogP) is 3.19. The molecule has 0 bridgehead atoms. The van der Waals surface area contributed by atoms with Gasteiger partial charge in [-0.05, 0) is 36.2 Å². The van der Waals surface area contributed by atoms with E-state index in [4.69, 9.17) is 38.6 Å². The van der Waals surface area contributed by atoms with Crippen LogP contribution in [0.3, 0.4) is 0 Å². The van der Waals surface area contributed by atoms with Crippen LogP contribution in [0, 0.1) is 0 Å². The molecule has 0 aromatic heterocycles. The molecule has 1 aromatic carbocycles. The van der Waals surface area contributed by atoms with Gasteiger partial charge >= 0.3 is 0 Å². The van der Waals surface area contributed by atoms with E-state index in [1.807, 2.05) is 0 Å². The van der Waals surface area contributed by atoms with Crippen molar-refractivity contribution in [3.8, 4) is 5.75 Å². The molecular weight excluding hydrogens is 323 g/mol. The van der Waals surface area contributed by atoms with Crippen LogP contribution < -0.4 is 4.74 Å². The van der Waals surface area contributed by atoms with Gasteiger partial charge in [-0.15, -0.1) is 0 Å². The molecule has 8 heteroatoms. The Hall–Kier alpha value is -0.490. The summed E-state index contributed by atoms with van der Waals surface area (Å²) in [5, 5.41) is -0.304. The van der Waals surface area contributed by atoms with Gasteiger partial charge < -0.3 is 4.74 Å². The van der Waals surface area contributed by atoms with Gasteiger partial charge in [0.25, 0.3) is 9.05 Å². The van der Waals surface area contributed by atoms with Crippen molar-refractivity contribution in [3.63, 3.8) is 0 Å². The highest BCUT2D eigenvalue weighted by molar-refractivity contribution is 8.13. The summed E-state index contributed by atoms with van der Waals surface area (Å²) >= 11 is 11.0. The first-order chi connectivity index (χ1) is 8.30. The molecule has 1 aromatic rings. The summed E-state index contributed by atoms with van der Waals surface area (Å²) in [5.41, 5.74) is 0. The Bertz CT molecular complexity index is 542. The maximum Gasteiger partial charge on any atom is 0.261 e. The Morgan fingerprint density at radius 1 is 1.33 bits per heavy atom. The molecular formula is C10H9Cl3O4S. The summed E-state index contributed by atoms with van der Waals surface area (Å²) in [7, 11) is 1.36. The number of hydrogen-bond donors (Lipinski definition) is 0. The van der Waals surface area contributed by atoms with Crippen molar-refractivity contribution in [2.75, 3.05) is 6.61 Å². The number of rotatable bonds is 6. The SMILES string of the molecule is O=C(Cl)CCCOc1ccc(S(=O)(=O)Cl)cc1Cl. The number of hydrogen-bond acceptors (Lipinski definition) is 4. The van der Waals surface area contributed by atoms with Crippen molar-refractivity contribution in [2.24, 2.45) is 0 Å². The maximum atomic E-state index is 11.0. The first-order valence-electron chi connectivity index (χ1n) is 4.86. The molecule has 1 rings (SSSR count). The Balaban J connectivity index is 2.66. The van der Waals surface area contributed by atoms with Crippen LogP contribution in [-0.4, -0.2) is 20.3 Å². The smallest absolute Gasteiger partial charge is 0.261 e. The lowest BCUT2D eigenvalue weighted by Gasteiger charge is -2.07. The minimum atomic E-state index is -3.81. The fourth-order valence-electron chi connectivity index (χ4n) is 1.14. The average Bonchev–Trinajstić information content (AvgIpc) is 2.24. The van der Waals surface area contributed by atoms with Crippen molar-refractivity contribution >= 4 is 48.2 Å². The minimum absolute atomic E-state index is 0.0996. The third-order valence-corrected chi connectivity index (χ3v) is 3.80. The highest BCUT2D eigenvalue weighted by Crippen LogP contribution is 2.28. The lowest BCUT2D eigenvalue weighted by Crippen LogP contribution is -2.00. The Morgan fingerprint density at radius 2 is 2.00 bits per heavy atom. The van der Waals surface area contributed by atoms with Crippen molar-refractivity contribution in [3.05, 3.63) is 23.2 Å². The zero-order valence-electron chi connectivity index (χ0n) is 9.03. The fourth-order valence-corrected chi connectivity index (χ4v) is 2.35. The molecule has 0 amide bonds. The molecule has 0 fully saturated rings. The quantitative estimate of drug-likeness (QED) is 0.593. The number of halogens is 3. The molecule has 0 saturated carbocycles. The summed E-state index contributed by atoms with van der Waals surface area (Å²) in [4.78, 5) is 10.4. The molecule has 0 spiro atoms. The highest BCUT2D eigenvalue weighted by atomic mass is 35.7. The number of carbonyl (C=O) groups is 1. The van der Waals surface area contributed by atoms with Crippen LogP contribution in [0.15, 0.2) is 23.1 Å². The van der Waals surface area contributed by atoms with Gasteiger partial charge in [-0.2, -0.15) is 0 Å². The molecule has 0 radical (unpaired) electrons. The van der Waals surface area contributed by atoms with Gasteiger partial charge in [0, 0.05) is 17.1 Å². The summed E-state index contributed by atoms with van der Waals surface area (Å²) in [6.45, 7) is 0.255. The molecule has 0 aliphatic heterocycles. The fraction of sp³-hybridized carbons (Fsp3) is 0.300. The molecule has 0 aliphatic carbocycles. The third-order valence-electron chi connectivity index (χ3n) is 1.96. The second-order valence-corrected chi connectivity index (χ2v) is 6.73. The molecule has 100 valence electrons. The summed E-state index contributed by atoms with van der Waals surface area (Å²) in [6, 6.07) is 3.89. The molecule has 0 heterocycles. The largest absolute Gasteiger partial charge is 0.492 e. The molecule has 4 nitrogen and oxygen atoms in total. The lowest BCUT2D eigenvalue weighted by atomic mass is 10.3. The Morgan fingerprint density at radius 3 is 2.50 bits per heavy atom. The average molecular weight is 332 g/mol. The van der Waals surface area contributed by atoms with Crippen LogP contribution in [0.2, 0.25) is 5.02 Å². The second-order valence-electron chi connectivity index (χ2n) is 3.34. The molecule has 0 aliphatic rings. The van der Waals surface area contributed by atoms with Crippen LogP contribution in [0.5, 0.6) is 5.75 Å². The van der Waals surface area contributed by atoms with Crippen molar-refractivity contribution in [1.82, 2.24) is 0 Å². The summed E-state index contributed by atoms with van der Waals surface area (Å²) < 4.78 is 27.4. The zero-order valence-corrected chi connectivity index (χ0v) is 12.1. The maximum absolute atomic E-state index is 11.0. The van der Waals surface area contributed by atoms with Gasteiger partial charge in [0.05, 0.1) is 16.5 Å². The number of ether oxygens (including phenoxy) is 1. The van der Waals surface area contributed by atoms with Crippen LogP contribution in [-0.2, 0) is 13.8 Å². The van der Waals surface area contributed by atoms with Gasteiger partial charge in [0.1, 0.15) is 5.75 Å². The highest BCUT2D eigenvalue weighted by Gasteiger charge is 2.12. The van der Waals surface area contributed by atoms with Crippen LogP contribution in [0.25, 0.3) is 0 Å². The van der Waals surface area contributed by atoms with E-state index in [2.05, 4.69) is 0 Å². The second kappa shape index (κ2) is 6.61. The Labute approximate surface area is 119 Å². The summed E-state index contributed by atoms with van der Waals surface area (Å²) in [6.07, 6.45) is 0.654. The Kier molecular flexibility index (Phi) is 5.72. The lowest BCUT2D eigenvalue weighted by molar-refractivity contribution is -0.111. The van der Waals surface area contributed by atoms with Gasteiger partial charge in [-0.1, -0.05) is 11.6 Å². The molecule has 0 unspecified atom stereocenters. The van der Waals surface area contributed by atoms with E-state index in [9.17, 15) is 13.2 Å². The van der Waals surface area contributed by atoms with E-state index in [1.54, 1.807) is 0 Å². The number of carbonyl (C=O) groups excluding carboxylic acids is 1. The van der Waals surface area contributed by atoms with E-state index in [0.29, 0.717) is 12.2 Å². The topological polar surface area (TPSA) is 60.4 Å². The van der Waals surface area contributed by atoms with Gasteiger partial charge in [0.15, 0.2) is 0 Å². The molecule has 0 saturated heterocycles. The minimum Gasteiger partial charge on any atom is -0.492 e. The van der Waals surface area contributed by atoms with E-state index in [1.165, 1.54) is 18.2 Å². The van der Waals surface area contributed by atoms with E-state index >= 15 is 0 Å². The van der Waals surface area contributed by atoms with Gasteiger partial charge in [-0.3, -0.25) is 4.79 Å². The van der Waals surface area contributed by atoms with E-state index < -0.39 is 14.3 Å². The van der Waals surface area contributed by atoms with E-state index in [-0.39, 0.29) is 22.9 Å². The van der Waals surface area contributed by atoms with Crippen molar-refractivity contribution < 1.29 is 17.9 Å². The predicted molar refractivity (Wildman–Crippen MR) is 70.1 cm³/mol. The zero-order chi connectivity index (χ0) is 13.8. The standard InChI is InChI=1S/C10H9Cl3O4S/c11-8-6-7(18(13,15)16)3-4-9(8)17-5-1-2-10(12)14/h3-4,6H,1-2,5H2.